The van der Waals surface area contributed by atoms with Crippen molar-refractivity contribution in [1.82, 2.24) is 0 Å². The Hall–Kier alpha value is 0.0125. The fraction of sp³-hybridized carbons (Fsp3) is 0.692. The third kappa shape index (κ3) is 22.7. The zero-order chi connectivity index (χ0) is 11.6. The van der Waals surface area contributed by atoms with Crippen LogP contribution in [0.15, 0.2) is 24.8 Å². The minimum absolute atomic E-state index is 0.755. The SMILES string of the molecule is C=CC(=C)C.CC(C)[CH2][Al][CH2]C(C)C. The Morgan fingerprint density at radius 2 is 1.43 bits per heavy atom. The highest BCUT2D eigenvalue weighted by molar-refractivity contribution is 6.35. The fourth-order valence-electron chi connectivity index (χ4n) is 0.763. The number of hydrogen-bond acceptors (Lipinski definition) is 0. The molecule has 0 spiro atoms. The first-order valence-electron chi connectivity index (χ1n) is 5.49. The molecule has 0 N–H and O–H groups in total. The molecule has 0 aromatic carbocycles. The quantitative estimate of drug-likeness (QED) is 0.459. The van der Waals surface area contributed by atoms with Crippen LogP contribution in [0.4, 0.5) is 0 Å². The van der Waals surface area contributed by atoms with Crippen LogP contribution in [0.1, 0.15) is 34.6 Å². The molecule has 0 aromatic rings. The van der Waals surface area contributed by atoms with E-state index in [0.29, 0.717) is 0 Å². The maximum atomic E-state index is 3.56. The van der Waals surface area contributed by atoms with Gasteiger partial charge in [-0.15, -0.1) is 10.6 Å². The van der Waals surface area contributed by atoms with Crippen LogP contribution in [0.2, 0.25) is 10.6 Å². The highest BCUT2D eigenvalue weighted by atomic mass is 27.1. The molecule has 14 heavy (non-hydrogen) atoms. The summed E-state index contributed by atoms with van der Waals surface area (Å²) >= 11 is 0.755. The largest absolute Gasteiger partial charge is 0.200 e. The van der Waals surface area contributed by atoms with E-state index in [0.717, 1.165) is 32.6 Å². The first kappa shape index (κ1) is 16.4. The van der Waals surface area contributed by atoms with Crippen LogP contribution in [0.3, 0.4) is 0 Å². The number of hydrogen-bond donors (Lipinski definition) is 0. The van der Waals surface area contributed by atoms with E-state index in [2.05, 4.69) is 40.9 Å². The maximum absolute atomic E-state index is 3.56. The predicted molar refractivity (Wildman–Crippen MR) is 70.1 cm³/mol. The van der Waals surface area contributed by atoms with E-state index in [1.165, 1.54) is 10.6 Å². The second kappa shape index (κ2) is 11.1. The Kier molecular flexibility index (Phi) is 13.0. The van der Waals surface area contributed by atoms with Crippen LogP contribution >= 0.6 is 0 Å². The normalized spacial score (nSPS) is 9.36. The second-order valence-corrected chi connectivity index (χ2v) is 6.12. The zero-order valence-corrected chi connectivity index (χ0v) is 11.8. The summed E-state index contributed by atoms with van der Waals surface area (Å²) in [5.74, 6) is 1.86. The van der Waals surface area contributed by atoms with Crippen LogP contribution < -0.4 is 0 Å². The van der Waals surface area contributed by atoms with Crippen LogP contribution in [0, 0.1) is 11.8 Å². The van der Waals surface area contributed by atoms with Gasteiger partial charge in [0, 0.05) is 0 Å². The number of rotatable bonds is 5. The summed E-state index contributed by atoms with van der Waals surface area (Å²) in [4.78, 5) is 0. The van der Waals surface area contributed by atoms with E-state index < -0.39 is 0 Å². The van der Waals surface area contributed by atoms with Gasteiger partial charge in [0.15, 0.2) is 0 Å². The molecule has 0 amide bonds. The van der Waals surface area contributed by atoms with Crippen molar-refractivity contribution in [3.63, 3.8) is 0 Å². The molecule has 0 bridgehead atoms. The van der Waals surface area contributed by atoms with Gasteiger partial charge in [-0.1, -0.05) is 64.3 Å². The summed E-state index contributed by atoms with van der Waals surface area (Å²) in [5, 5.41) is 2.97. The summed E-state index contributed by atoms with van der Waals surface area (Å²) in [6.45, 7) is 18.2. The molecule has 81 valence electrons. The predicted octanol–water partition coefficient (Wildman–Crippen LogP) is 4.59. The van der Waals surface area contributed by atoms with Gasteiger partial charge in [0.05, 0.1) is 0 Å². The van der Waals surface area contributed by atoms with Gasteiger partial charge < -0.3 is 0 Å². The molecule has 0 aliphatic carbocycles. The van der Waals surface area contributed by atoms with Crippen LogP contribution in [0.5, 0.6) is 0 Å². The molecule has 0 heterocycles. The van der Waals surface area contributed by atoms with Crippen LogP contribution in [-0.4, -0.2) is 15.2 Å². The lowest BCUT2D eigenvalue weighted by atomic mass is 10.3. The second-order valence-electron chi connectivity index (χ2n) is 4.60. The highest BCUT2D eigenvalue weighted by Crippen LogP contribution is 2.05. The van der Waals surface area contributed by atoms with Gasteiger partial charge in [-0.25, -0.2) is 0 Å². The highest BCUT2D eigenvalue weighted by Gasteiger charge is 1.98. The third-order valence-electron chi connectivity index (χ3n) is 1.62. The minimum Gasteiger partial charge on any atom is -0.102 e. The molecule has 0 unspecified atom stereocenters. The van der Waals surface area contributed by atoms with Crippen molar-refractivity contribution in [2.75, 3.05) is 0 Å². The molecule has 1 heteroatoms. The molecule has 0 aliphatic heterocycles. The number of allylic oxidation sites excluding steroid dienone is 2. The van der Waals surface area contributed by atoms with E-state index in [-0.39, 0.29) is 0 Å². The molecule has 0 rings (SSSR count). The Balaban J connectivity index is 0. The van der Waals surface area contributed by atoms with Crippen molar-refractivity contribution in [3.8, 4) is 0 Å². The minimum atomic E-state index is 0.755. The van der Waals surface area contributed by atoms with Gasteiger partial charge in [-0.05, 0) is 6.92 Å². The van der Waals surface area contributed by atoms with Crippen molar-refractivity contribution in [2.45, 2.75) is 45.2 Å². The van der Waals surface area contributed by atoms with Crippen molar-refractivity contribution in [3.05, 3.63) is 24.8 Å². The third-order valence-corrected chi connectivity index (χ3v) is 4.18. The Morgan fingerprint density at radius 1 is 1.14 bits per heavy atom. The van der Waals surface area contributed by atoms with Gasteiger partial charge in [-0.3, -0.25) is 0 Å². The zero-order valence-electron chi connectivity index (χ0n) is 10.6. The van der Waals surface area contributed by atoms with Gasteiger partial charge in [0.25, 0.3) is 0 Å². The maximum Gasteiger partial charge on any atom is 0.200 e. The van der Waals surface area contributed by atoms with E-state index in [4.69, 9.17) is 0 Å². The summed E-state index contributed by atoms with van der Waals surface area (Å²) in [6, 6.07) is 0. The van der Waals surface area contributed by atoms with Crippen molar-refractivity contribution < 1.29 is 0 Å². The summed E-state index contributed by atoms with van der Waals surface area (Å²) in [6.07, 6.45) is 1.72. The molecule has 0 aromatic heterocycles. The Bertz CT molecular complexity index is 137. The van der Waals surface area contributed by atoms with E-state index in [9.17, 15) is 0 Å². The lowest BCUT2D eigenvalue weighted by Gasteiger charge is -2.03. The topological polar surface area (TPSA) is 0 Å². The molecule has 1 radical (unpaired) electrons. The lowest BCUT2D eigenvalue weighted by molar-refractivity contribution is 0.700. The molecule has 0 fully saturated rings. The van der Waals surface area contributed by atoms with E-state index in [1.54, 1.807) is 6.08 Å². The Labute approximate surface area is 97.2 Å². The summed E-state index contributed by atoms with van der Waals surface area (Å²) in [7, 11) is 0. The van der Waals surface area contributed by atoms with Crippen molar-refractivity contribution in [1.29, 1.82) is 0 Å². The molecular formula is C13H26Al. The van der Waals surface area contributed by atoms with Gasteiger partial charge in [0.2, 0.25) is 15.2 Å². The van der Waals surface area contributed by atoms with Crippen LogP contribution in [-0.2, 0) is 0 Å². The smallest absolute Gasteiger partial charge is 0.102 e. The first-order chi connectivity index (χ1) is 6.40. The van der Waals surface area contributed by atoms with Gasteiger partial charge in [-0.2, -0.15) is 0 Å². The fourth-order valence-corrected chi connectivity index (χ4v) is 2.29. The van der Waals surface area contributed by atoms with E-state index >= 15 is 0 Å². The monoisotopic (exact) mass is 209 g/mol. The summed E-state index contributed by atoms with van der Waals surface area (Å²) < 4.78 is 0. The molecule has 0 atom stereocenters. The molecular weight excluding hydrogens is 183 g/mol. The van der Waals surface area contributed by atoms with Crippen LogP contribution in [0.25, 0.3) is 0 Å². The summed E-state index contributed by atoms with van der Waals surface area (Å²) in [5.41, 5.74) is 1.02. The van der Waals surface area contributed by atoms with Crippen molar-refractivity contribution >= 4 is 15.2 Å². The standard InChI is InChI=1S/C5H8.2C4H9.Al/c1-4-5(2)3;2*1-4(2)3;/h4H,1-2H2,3H3;2*4H,1H2,2-3H3;. The van der Waals surface area contributed by atoms with Gasteiger partial charge in [0.1, 0.15) is 0 Å². The molecule has 0 nitrogen and oxygen atoms in total. The molecule has 0 aliphatic rings. The Morgan fingerprint density at radius 3 is 1.57 bits per heavy atom. The average molecular weight is 209 g/mol. The van der Waals surface area contributed by atoms with Gasteiger partial charge >= 0.3 is 0 Å². The molecule has 0 saturated heterocycles. The lowest BCUT2D eigenvalue weighted by Crippen LogP contribution is -1.99. The van der Waals surface area contributed by atoms with E-state index in [1.807, 2.05) is 6.92 Å². The first-order valence-corrected chi connectivity index (χ1v) is 7.13. The van der Waals surface area contributed by atoms with Crippen molar-refractivity contribution in [2.24, 2.45) is 11.8 Å². The average Bonchev–Trinajstić information content (AvgIpc) is 2.04. The molecule has 0 saturated carbocycles.